The lowest BCUT2D eigenvalue weighted by Gasteiger charge is -2.23. The maximum Gasteiger partial charge on any atom is 0.250 e. The number of thiophene rings is 1. The number of sulfonamides is 1. The van der Waals surface area contributed by atoms with Gasteiger partial charge in [-0.15, -0.1) is 35.3 Å². The minimum atomic E-state index is -3.40. The van der Waals surface area contributed by atoms with E-state index in [1.165, 1.54) is 30.6 Å². The smallest absolute Gasteiger partial charge is 0.250 e. The number of hydrogen-bond acceptors (Lipinski definition) is 4. The van der Waals surface area contributed by atoms with Crippen LogP contribution in [0.5, 0.6) is 0 Å². The van der Waals surface area contributed by atoms with E-state index in [-0.39, 0.29) is 30.5 Å². The van der Waals surface area contributed by atoms with Gasteiger partial charge < -0.3 is 11.1 Å². The van der Waals surface area contributed by atoms with E-state index in [1.54, 1.807) is 17.5 Å². The normalized spacial score (nSPS) is 17.0. The van der Waals surface area contributed by atoms with Gasteiger partial charge in [-0.1, -0.05) is 25.3 Å². The van der Waals surface area contributed by atoms with Gasteiger partial charge >= 0.3 is 0 Å². The third-order valence-electron chi connectivity index (χ3n) is 3.40. The number of nitrogens with zero attached hydrogens (tertiary/aromatic N) is 1. The molecule has 1 aromatic rings. The highest BCUT2D eigenvalue weighted by molar-refractivity contribution is 14.0. The summed E-state index contributed by atoms with van der Waals surface area (Å²) in [6.07, 6.45) is 6.00. The first-order valence-electron chi connectivity index (χ1n) is 7.17. The van der Waals surface area contributed by atoms with Crippen LogP contribution in [0.1, 0.15) is 32.1 Å². The van der Waals surface area contributed by atoms with E-state index >= 15 is 0 Å². The van der Waals surface area contributed by atoms with Crippen molar-refractivity contribution in [1.29, 1.82) is 0 Å². The van der Waals surface area contributed by atoms with Crippen molar-refractivity contribution in [2.24, 2.45) is 10.7 Å². The Balaban J connectivity index is 0.00000242. The second kappa shape index (κ2) is 9.68. The molecule has 22 heavy (non-hydrogen) atoms. The molecule has 1 heterocycles. The van der Waals surface area contributed by atoms with E-state index in [2.05, 4.69) is 15.0 Å². The molecule has 0 saturated heterocycles. The van der Waals surface area contributed by atoms with Gasteiger partial charge in [-0.25, -0.2) is 13.1 Å². The minimum Gasteiger partial charge on any atom is -0.370 e. The topological polar surface area (TPSA) is 96.6 Å². The summed E-state index contributed by atoms with van der Waals surface area (Å²) in [5.74, 6) is 0.400. The Bertz CT molecular complexity index is 555. The van der Waals surface area contributed by atoms with Crippen LogP contribution in [0.4, 0.5) is 0 Å². The maximum atomic E-state index is 11.9. The molecule has 0 spiro atoms. The molecule has 0 aromatic carbocycles. The third kappa shape index (κ3) is 6.39. The zero-order valence-corrected chi connectivity index (χ0v) is 16.3. The van der Waals surface area contributed by atoms with Crippen molar-refractivity contribution in [2.75, 3.05) is 13.1 Å². The van der Waals surface area contributed by atoms with Crippen LogP contribution in [0.25, 0.3) is 0 Å². The number of halogens is 1. The standard InChI is InChI=1S/C13H22N4O2S2.HI/c14-13(17-11-5-2-1-3-6-11)15-8-9-16-21(18,19)12-7-4-10-20-12;/h4,7,10-11,16H,1-3,5-6,8-9H2,(H3,14,15,17);1H. The Morgan fingerprint density at radius 3 is 2.73 bits per heavy atom. The Morgan fingerprint density at radius 2 is 2.09 bits per heavy atom. The molecule has 2 rings (SSSR count). The van der Waals surface area contributed by atoms with Gasteiger partial charge in [-0.05, 0) is 24.3 Å². The van der Waals surface area contributed by atoms with Crippen LogP contribution in [0.3, 0.4) is 0 Å². The molecular formula is C13H23IN4O2S2. The van der Waals surface area contributed by atoms with Gasteiger partial charge in [0.1, 0.15) is 4.21 Å². The van der Waals surface area contributed by atoms with Crippen LogP contribution in [-0.4, -0.2) is 33.5 Å². The molecule has 1 aliphatic rings. The largest absolute Gasteiger partial charge is 0.370 e. The number of hydrogen-bond donors (Lipinski definition) is 3. The average molecular weight is 458 g/mol. The minimum absolute atomic E-state index is 0. The van der Waals surface area contributed by atoms with E-state index in [1.807, 2.05) is 0 Å². The maximum absolute atomic E-state index is 11.9. The van der Waals surface area contributed by atoms with Crippen LogP contribution in [0.2, 0.25) is 0 Å². The molecule has 1 aliphatic carbocycles. The Kier molecular flexibility index (Phi) is 8.65. The summed E-state index contributed by atoms with van der Waals surface area (Å²) in [6, 6.07) is 3.70. The van der Waals surface area contributed by atoms with Gasteiger partial charge in [0.05, 0.1) is 6.54 Å². The molecule has 0 aliphatic heterocycles. The first kappa shape index (κ1) is 19.7. The summed E-state index contributed by atoms with van der Waals surface area (Å²) < 4.78 is 26.5. The van der Waals surface area contributed by atoms with Gasteiger partial charge in [0.25, 0.3) is 0 Å². The number of rotatable bonds is 6. The quantitative estimate of drug-likeness (QED) is 0.263. The highest BCUT2D eigenvalue weighted by Crippen LogP contribution is 2.17. The van der Waals surface area contributed by atoms with Crippen LogP contribution in [0, 0.1) is 0 Å². The van der Waals surface area contributed by atoms with Gasteiger partial charge in [0.15, 0.2) is 5.96 Å². The zero-order chi connectivity index (χ0) is 15.1. The molecule has 4 N–H and O–H groups in total. The molecule has 0 atom stereocenters. The summed E-state index contributed by atoms with van der Waals surface area (Å²) in [6.45, 7) is 0.573. The Morgan fingerprint density at radius 1 is 1.36 bits per heavy atom. The summed E-state index contributed by atoms with van der Waals surface area (Å²) in [7, 11) is -3.40. The Labute approximate surface area is 153 Å². The summed E-state index contributed by atoms with van der Waals surface area (Å²) >= 11 is 1.19. The average Bonchev–Trinajstić information content (AvgIpc) is 3.00. The first-order chi connectivity index (χ1) is 10.1. The molecule has 1 saturated carbocycles. The molecule has 0 radical (unpaired) electrons. The first-order valence-corrected chi connectivity index (χ1v) is 9.54. The second-order valence-electron chi connectivity index (χ2n) is 5.08. The van der Waals surface area contributed by atoms with Crippen molar-refractivity contribution in [3.8, 4) is 0 Å². The van der Waals surface area contributed by atoms with Gasteiger partial charge in [0.2, 0.25) is 10.0 Å². The monoisotopic (exact) mass is 458 g/mol. The third-order valence-corrected chi connectivity index (χ3v) is 6.26. The van der Waals surface area contributed by atoms with E-state index in [9.17, 15) is 8.42 Å². The summed E-state index contributed by atoms with van der Waals surface area (Å²) in [5, 5.41) is 4.93. The molecule has 1 fully saturated rings. The van der Waals surface area contributed by atoms with Crippen LogP contribution in [-0.2, 0) is 10.0 Å². The van der Waals surface area contributed by atoms with Gasteiger partial charge in [0, 0.05) is 12.6 Å². The van der Waals surface area contributed by atoms with Crippen molar-refractivity contribution in [3.05, 3.63) is 17.5 Å². The molecule has 0 bridgehead atoms. The molecule has 126 valence electrons. The van der Waals surface area contributed by atoms with Crippen molar-refractivity contribution in [2.45, 2.75) is 42.4 Å². The predicted octanol–water partition coefficient (Wildman–Crippen LogP) is 1.88. The van der Waals surface area contributed by atoms with Crippen molar-refractivity contribution in [1.82, 2.24) is 10.0 Å². The van der Waals surface area contributed by atoms with Gasteiger partial charge in [-0.3, -0.25) is 4.99 Å². The van der Waals surface area contributed by atoms with Crippen molar-refractivity contribution >= 4 is 51.3 Å². The SMILES string of the molecule is I.NC(=NCCNS(=O)(=O)c1cccs1)NC1CCCCC1. The lowest BCUT2D eigenvalue weighted by Crippen LogP contribution is -2.41. The lowest BCUT2D eigenvalue weighted by atomic mass is 9.96. The van der Waals surface area contributed by atoms with Crippen LogP contribution in [0.15, 0.2) is 26.7 Å². The number of guanidine groups is 1. The van der Waals surface area contributed by atoms with E-state index in [4.69, 9.17) is 5.73 Å². The molecular weight excluding hydrogens is 435 g/mol. The highest BCUT2D eigenvalue weighted by Gasteiger charge is 2.14. The van der Waals surface area contributed by atoms with Crippen molar-refractivity contribution < 1.29 is 8.42 Å². The highest BCUT2D eigenvalue weighted by atomic mass is 127. The summed E-state index contributed by atoms with van der Waals surface area (Å²) in [5.41, 5.74) is 5.81. The molecule has 9 heteroatoms. The van der Waals surface area contributed by atoms with Crippen LogP contribution >= 0.6 is 35.3 Å². The van der Waals surface area contributed by atoms with E-state index in [0.29, 0.717) is 22.8 Å². The van der Waals surface area contributed by atoms with E-state index in [0.717, 1.165) is 12.8 Å². The summed E-state index contributed by atoms with van der Waals surface area (Å²) in [4.78, 5) is 4.16. The fourth-order valence-corrected chi connectivity index (χ4v) is 4.40. The molecule has 0 unspecified atom stereocenters. The zero-order valence-electron chi connectivity index (χ0n) is 12.3. The molecule has 1 aromatic heterocycles. The number of nitrogens with one attached hydrogen (secondary N) is 2. The van der Waals surface area contributed by atoms with E-state index < -0.39 is 10.0 Å². The lowest BCUT2D eigenvalue weighted by molar-refractivity contribution is 0.412. The number of nitrogens with two attached hydrogens (primary N) is 1. The van der Waals surface area contributed by atoms with Gasteiger partial charge in [-0.2, -0.15) is 0 Å². The fourth-order valence-electron chi connectivity index (χ4n) is 2.35. The van der Waals surface area contributed by atoms with Crippen LogP contribution < -0.4 is 15.8 Å². The molecule has 0 amide bonds. The second-order valence-corrected chi connectivity index (χ2v) is 8.02. The number of aliphatic imine (C=N–C) groups is 1. The molecule has 6 nitrogen and oxygen atoms in total. The fraction of sp³-hybridized carbons (Fsp3) is 0.615. The van der Waals surface area contributed by atoms with Crippen molar-refractivity contribution in [3.63, 3.8) is 0 Å². The Hall–Kier alpha value is -0.390. The predicted molar refractivity (Wildman–Crippen MR) is 101 cm³/mol.